The summed E-state index contributed by atoms with van der Waals surface area (Å²) in [6.07, 6.45) is 8.18. The van der Waals surface area contributed by atoms with Crippen molar-refractivity contribution in [1.82, 2.24) is 9.80 Å². The smallest absolute Gasteiger partial charge is 0.0340 e. The zero-order valence-electron chi connectivity index (χ0n) is 14.4. The van der Waals surface area contributed by atoms with E-state index in [1.54, 1.807) is 0 Å². The maximum Gasteiger partial charge on any atom is 0.0340 e. The third kappa shape index (κ3) is 3.16. The van der Waals surface area contributed by atoms with Crippen LogP contribution in [0.1, 0.15) is 59.3 Å². The first-order chi connectivity index (χ1) is 9.94. The lowest BCUT2D eigenvalue weighted by Crippen LogP contribution is -2.66. The van der Waals surface area contributed by atoms with Crippen molar-refractivity contribution >= 4 is 0 Å². The van der Waals surface area contributed by atoms with Crippen LogP contribution in [0.25, 0.3) is 0 Å². The number of hydrogen-bond acceptors (Lipinski definition) is 3. The number of nitrogens with two attached hydrogens (primary N) is 1. The highest BCUT2D eigenvalue weighted by Crippen LogP contribution is 2.46. The lowest BCUT2D eigenvalue weighted by Gasteiger charge is -2.57. The van der Waals surface area contributed by atoms with Crippen LogP contribution in [0.3, 0.4) is 0 Å². The molecule has 2 aliphatic heterocycles. The molecule has 3 unspecified atom stereocenters. The normalized spacial score (nSPS) is 41.7. The molecule has 1 saturated carbocycles. The van der Waals surface area contributed by atoms with Crippen LogP contribution >= 0.6 is 0 Å². The Hall–Kier alpha value is -0.120. The van der Waals surface area contributed by atoms with Gasteiger partial charge >= 0.3 is 0 Å². The quantitative estimate of drug-likeness (QED) is 0.849. The fourth-order valence-corrected chi connectivity index (χ4v) is 5.81. The highest BCUT2D eigenvalue weighted by Gasteiger charge is 2.47. The third-order valence-electron chi connectivity index (χ3n) is 6.33. The molecule has 2 N–H and O–H groups in total. The molecule has 3 atom stereocenters. The van der Waals surface area contributed by atoms with Crippen LogP contribution in [-0.4, -0.2) is 54.1 Å². The van der Waals surface area contributed by atoms with E-state index >= 15 is 0 Å². The first-order valence-corrected chi connectivity index (χ1v) is 9.13. The van der Waals surface area contributed by atoms with Crippen molar-refractivity contribution in [2.45, 2.75) is 70.9 Å². The van der Waals surface area contributed by atoms with Crippen molar-refractivity contribution in [2.75, 3.05) is 32.7 Å². The molecule has 3 rings (SSSR count). The SMILES string of the molecule is CC1CC(C)(C)CC(CN)(N2CCN3CCCCC3C2)C1. The summed E-state index contributed by atoms with van der Waals surface area (Å²) in [6, 6.07) is 0.802. The van der Waals surface area contributed by atoms with Gasteiger partial charge in [0.2, 0.25) is 0 Å². The first-order valence-electron chi connectivity index (χ1n) is 9.13. The second kappa shape index (κ2) is 5.82. The Balaban J connectivity index is 1.76. The van der Waals surface area contributed by atoms with Gasteiger partial charge in [0.15, 0.2) is 0 Å². The average molecular weight is 293 g/mol. The van der Waals surface area contributed by atoms with E-state index in [-0.39, 0.29) is 5.54 Å². The van der Waals surface area contributed by atoms with Gasteiger partial charge in [-0.3, -0.25) is 9.80 Å². The highest BCUT2D eigenvalue weighted by atomic mass is 15.3. The van der Waals surface area contributed by atoms with E-state index in [9.17, 15) is 0 Å². The number of piperazine rings is 1. The van der Waals surface area contributed by atoms with Gasteiger partial charge in [-0.1, -0.05) is 27.2 Å². The Morgan fingerprint density at radius 2 is 1.90 bits per heavy atom. The highest BCUT2D eigenvalue weighted by molar-refractivity contribution is 5.03. The monoisotopic (exact) mass is 293 g/mol. The molecule has 3 nitrogen and oxygen atoms in total. The van der Waals surface area contributed by atoms with E-state index in [0.717, 1.165) is 18.5 Å². The molecule has 0 aromatic carbocycles. The molecule has 21 heavy (non-hydrogen) atoms. The molecule has 2 saturated heterocycles. The second-order valence-corrected chi connectivity index (χ2v) is 8.91. The zero-order valence-corrected chi connectivity index (χ0v) is 14.4. The fourth-order valence-electron chi connectivity index (χ4n) is 5.81. The molecule has 0 radical (unpaired) electrons. The summed E-state index contributed by atoms with van der Waals surface area (Å²) in [4.78, 5) is 5.54. The number of rotatable bonds is 2. The van der Waals surface area contributed by atoms with Gasteiger partial charge in [-0.25, -0.2) is 0 Å². The van der Waals surface area contributed by atoms with E-state index in [2.05, 4.69) is 30.6 Å². The Morgan fingerprint density at radius 3 is 2.62 bits per heavy atom. The first kappa shape index (κ1) is 15.8. The maximum atomic E-state index is 6.37. The summed E-state index contributed by atoms with van der Waals surface area (Å²) < 4.78 is 0. The Morgan fingerprint density at radius 1 is 1.10 bits per heavy atom. The molecule has 122 valence electrons. The van der Waals surface area contributed by atoms with Crippen LogP contribution in [0.4, 0.5) is 0 Å². The largest absolute Gasteiger partial charge is 0.329 e. The van der Waals surface area contributed by atoms with Crippen molar-refractivity contribution in [1.29, 1.82) is 0 Å². The molecule has 1 aliphatic carbocycles. The number of piperidine rings is 1. The summed E-state index contributed by atoms with van der Waals surface area (Å²) in [5, 5.41) is 0. The van der Waals surface area contributed by atoms with Gasteiger partial charge in [0.05, 0.1) is 0 Å². The lowest BCUT2D eigenvalue weighted by molar-refractivity contribution is -0.0590. The molecule has 2 heterocycles. The van der Waals surface area contributed by atoms with Gasteiger partial charge in [0, 0.05) is 37.8 Å². The predicted molar refractivity (Wildman–Crippen MR) is 89.4 cm³/mol. The Bertz CT molecular complexity index is 367. The lowest BCUT2D eigenvalue weighted by atomic mass is 9.63. The van der Waals surface area contributed by atoms with Gasteiger partial charge < -0.3 is 5.73 Å². The van der Waals surface area contributed by atoms with Crippen molar-refractivity contribution < 1.29 is 0 Å². The van der Waals surface area contributed by atoms with Crippen molar-refractivity contribution in [3.05, 3.63) is 0 Å². The fraction of sp³-hybridized carbons (Fsp3) is 1.00. The van der Waals surface area contributed by atoms with E-state index in [4.69, 9.17) is 5.73 Å². The van der Waals surface area contributed by atoms with Gasteiger partial charge in [0.25, 0.3) is 0 Å². The Labute approximate surface area is 131 Å². The summed E-state index contributed by atoms with van der Waals surface area (Å²) >= 11 is 0. The molecule has 0 bridgehead atoms. The molecule has 0 aromatic rings. The van der Waals surface area contributed by atoms with Crippen LogP contribution in [0.15, 0.2) is 0 Å². The molecule has 3 aliphatic rings. The second-order valence-electron chi connectivity index (χ2n) is 8.91. The molecule has 3 fully saturated rings. The maximum absolute atomic E-state index is 6.37. The molecule has 3 heteroatoms. The van der Waals surface area contributed by atoms with Crippen LogP contribution in [0.5, 0.6) is 0 Å². The summed E-state index contributed by atoms with van der Waals surface area (Å²) in [5.74, 6) is 0.807. The van der Waals surface area contributed by atoms with Crippen molar-refractivity contribution in [2.24, 2.45) is 17.1 Å². The van der Waals surface area contributed by atoms with Gasteiger partial charge in [0.1, 0.15) is 0 Å². The summed E-state index contributed by atoms with van der Waals surface area (Å²) in [6.45, 7) is 13.3. The average Bonchev–Trinajstić information content (AvgIpc) is 2.44. The minimum absolute atomic E-state index is 0.269. The summed E-state index contributed by atoms with van der Waals surface area (Å²) in [7, 11) is 0. The van der Waals surface area contributed by atoms with Crippen LogP contribution in [0.2, 0.25) is 0 Å². The van der Waals surface area contributed by atoms with Crippen LogP contribution in [-0.2, 0) is 0 Å². The molecule has 0 amide bonds. The molecule has 0 aromatic heterocycles. The Kier molecular flexibility index (Phi) is 4.37. The number of hydrogen-bond donors (Lipinski definition) is 1. The number of nitrogens with zero attached hydrogens (tertiary/aromatic N) is 2. The minimum Gasteiger partial charge on any atom is -0.329 e. The molecular weight excluding hydrogens is 258 g/mol. The molecular formula is C18H35N3. The summed E-state index contributed by atoms with van der Waals surface area (Å²) in [5.41, 5.74) is 7.08. The zero-order chi connectivity index (χ0) is 15.1. The topological polar surface area (TPSA) is 32.5 Å². The number of fused-ring (bicyclic) bond motifs is 1. The van der Waals surface area contributed by atoms with Crippen LogP contribution in [0, 0.1) is 11.3 Å². The standard InChI is InChI=1S/C18H35N3/c1-15-10-17(2,3)13-18(11-15,14-19)21-9-8-20-7-5-4-6-16(20)12-21/h15-16H,4-14,19H2,1-3H3. The van der Waals surface area contributed by atoms with Crippen LogP contribution < -0.4 is 5.73 Å². The minimum atomic E-state index is 0.269. The van der Waals surface area contributed by atoms with Gasteiger partial charge in [-0.15, -0.1) is 0 Å². The van der Waals surface area contributed by atoms with E-state index < -0.39 is 0 Å². The van der Waals surface area contributed by atoms with E-state index in [1.165, 1.54) is 64.7 Å². The third-order valence-corrected chi connectivity index (χ3v) is 6.33. The van der Waals surface area contributed by atoms with Gasteiger partial charge in [-0.05, 0) is 50.0 Å². The van der Waals surface area contributed by atoms with E-state index in [0.29, 0.717) is 5.41 Å². The van der Waals surface area contributed by atoms with Crippen molar-refractivity contribution in [3.63, 3.8) is 0 Å². The van der Waals surface area contributed by atoms with Crippen molar-refractivity contribution in [3.8, 4) is 0 Å². The predicted octanol–water partition coefficient (Wildman–Crippen LogP) is 2.70. The van der Waals surface area contributed by atoms with Gasteiger partial charge in [-0.2, -0.15) is 0 Å². The molecule has 0 spiro atoms. The van der Waals surface area contributed by atoms with E-state index in [1.807, 2.05) is 0 Å².